The monoisotopic (exact) mass is 274 g/mol. The minimum absolute atomic E-state index is 0.356. The van der Waals surface area contributed by atoms with Crippen LogP contribution in [-0.2, 0) is 0 Å². The summed E-state index contributed by atoms with van der Waals surface area (Å²) >= 11 is 0. The van der Waals surface area contributed by atoms with E-state index in [4.69, 9.17) is 5.73 Å². The number of nitrogens with two attached hydrogens (primary N) is 1. The molecule has 108 valence electrons. The Morgan fingerprint density at radius 1 is 1.40 bits per heavy atom. The van der Waals surface area contributed by atoms with Crippen LogP contribution >= 0.6 is 0 Å². The van der Waals surface area contributed by atoms with Crippen LogP contribution in [0.3, 0.4) is 0 Å². The van der Waals surface area contributed by atoms with Crippen LogP contribution in [0.15, 0.2) is 18.2 Å². The third kappa shape index (κ3) is 3.10. The van der Waals surface area contributed by atoms with Crippen LogP contribution < -0.4 is 16.0 Å². The van der Waals surface area contributed by atoms with Gasteiger partial charge in [-0.3, -0.25) is 4.79 Å². The van der Waals surface area contributed by atoms with E-state index in [1.54, 1.807) is 6.07 Å². The molecule has 1 aliphatic carbocycles. The molecule has 1 aromatic heterocycles. The molecule has 2 heterocycles. The highest BCUT2D eigenvalue weighted by atomic mass is 16.1. The van der Waals surface area contributed by atoms with Crippen molar-refractivity contribution in [3.63, 3.8) is 0 Å². The van der Waals surface area contributed by atoms with Crippen molar-refractivity contribution in [2.75, 3.05) is 24.5 Å². The van der Waals surface area contributed by atoms with E-state index in [1.165, 1.54) is 25.7 Å². The Morgan fingerprint density at radius 2 is 2.25 bits per heavy atom. The highest BCUT2D eigenvalue weighted by Crippen LogP contribution is 2.32. The van der Waals surface area contributed by atoms with Crippen molar-refractivity contribution in [2.24, 2.45) is 11.7 Å². The SMILES string of the molecule is NC(=O)c1cccc(N(CC2CCCNC2)C2CC2)n1. The van der Waals surface area contributed by atoms with Gasteiger partial charge < -0.3 is 16.0 Å². The Morgan fingerprint density at radius 3 is 2.90 bits per heavy atom. The first-order valence-corrected chi connectivity index (χ1v) is 7.48. The van der Waals surface area contributed by atoms with Gasteiger partial charge in [0.1, 0.15) is 11.5 Å². The molecular formula is C15H22N4O. The Bertz CT molecular complexity index is 481. The highest BCUT2D eigenvalue weighted by Gasteiger charge is 2.32. The van der Waals surface area contributed by atoms with Gasteiger partial charge in [-0.1, -0.05) is 6.07 Å². The molecule has 1 unspecified atom stereocenters. The molecule has 2 aliphatic rings. The molecule has 0 spiro atoms. The standard InChI is InChI=1S/C15H22N4O/c16-15(20)13-4-1-5-14(18-13)19(12-6-7-12)10-11-3-2-8-17-9-11/h1,4-5,11-12,17H,2-3,6-10H2,(H2,16,20). The predicted octanol–water partition coefficient (Wildman–Crippen LogP) is 1.15. The van der Waals surface area contributed by atoms with E-state index >= 15 is 0 Å². The number of aromatic nitrogens is 1. The molecule has 0 radical (unpaired) electrons. The van der Waals surface area contributed by atoms with Crippen LogP contribution in [0.1, 0.15) is 36.2 Å². The summed E-state index contributed by atoms with van der Waals surface area (Å²) in [6.45, 7) is 3.24. The van der Waals surface area contributed by atoms with Crippen molar-refractivity contribution in [3.05, 3.63) is 23.9 Å². The van der Waals surface area contributed by atoms with Crippen molar-refractivity contribution in [1.82, 2.24) is 10.3 Å². The Kier molecular flexibility index (Phi) is 3.87. The number of hydrogen-bond donors (Lipinski definition) is 2. The van der Waals surface area contributed by atoms with Gasteiger partial charge in [-0.2, -0.15) is 0 Å². The lowest BCUT2D eigenvalue weighted by Crippen LogP contribution is -2.39. The molecular weight excluding hydrogens is 252 g/mol. The number of hydrogen-bond acceptors (Lipinski definition) is 4. The first kappa shape index (κ1) is 13.4. The second kappa shape index (κ2) is 5.79. The molecule has 1 saturated carbocycles. The molecule has 3 N–H and O–H groups in total. The van der Waals surface area contributed by atoms with Crippen molar-refractivity contribution in [2.45, 2.75) is 31.7 Å². The molecule has 0 bridgehead atoms. The van der Waals surface area contributed by atoms with Crippen LogP contribution in [0.25, 0.3) is 0 Å². The molecule has 1 aromatic rings. The van der Waals surface area contributed by atoms with Gasteiger partial charge in [-0.15, -0.1) is 0 Å². The summed E-state index contributed by atoms with van der Waals surface area (Å²) in [6, 6.07) is 6.13. The average Bonchev–Trinajstić information content (AvgIpc) is 3.30. The van der Waals surface area contributed by atoms with Crippen LogP contribution in [0.4, 0.5) is 5.82 Å². The predicted molar refractivity (Wildman–Crippen MR) is 78.7 cm³/mol. The highest BCUT2D eigenvalue weighted by molar-refractivity contribution is 5.91. The number of primary amides is 1. The van der Waals surface area contributed by atoms with E-state index in [-0.39, 0.29) is 0 Å². The summed E-state index contributed by atoms with van der Waals surface area (Å²) in [4.78, 5) is 18.1. The lowest BCUT2D eigenvalue weighted by Gasteiger charge is -2.31. The maximum Gasteiger partial charge on any atom is 0.267 e. The van der Waals surface area contributed by atoms with E-state index in [1.807, 2.05) is 12.1 Å². The van der Waals surface area contributed by atoms with Gasteiger partial charge >= 0.3 is 0 Å². The molecule has 1 aliphatic heterocycles. The van der Waals surface area contributed by atoms with Gasteiger partial charge in [-0.25, -0.2) is 4.98 Å². The fraction of sp³-hybridized carbons (Fsp3) is 0.600. The number of pyridine rings is 1. The van der Waals surface area contributed by atoms with Crippen LogP contribution in [0.5, 0.6) is 0 Å². The number of carbonyl (C=O) groups excluding carboxylic acids is 1. The normalized spacial score (nSPS) is 22.5. The molecule has 5 nitrogen and oxygen atoms in total. The average molecular weight is 274 g/mol. The maximum atomic E-state index is 11.3. The maximum absolute atomic E-state index is 11.3. The van der Waals surface area contributed by atoms with Gasteiger partial charge in [0, 0.05) is 12.6 Å². The first-order chi connectivity index (χ1) is 9.74. The summed E-state index contributed by atoms with van der Waals surface area (Å²) in [5, 5.41) is 3.46. The number of nitrogens with one attached hydrogen (secondary N) is 1. The fourth-order valence-electron chi connectivity index (χ4n) is 2.89. The van der Waals surface area contributed by atoms with E-state index in [2.05, 4.69) is 15.2 Å². The molecule has 1 atom stereocenters. The Labute approximate surface area is 119 Å². The number of rotatable bonds is 5. The molecule has 20 heavy (non-hydrogen) atoms. The minimum atomic E-state index is -0.457. The van der Waals surface area contributed by atoms with E-state index < -0.39 is 5.91 Å². The van der Waals surface area contributed by atoms with Crippen molar-refractivity contribution >= 4 is 11.7 Å². The lowest BCUT2D eigenvalue weighted by atomic mass is 9.99. The number of piperidine rings is 1. The number of carbonyl (C=O) groups is 1. The van der Waals surface area contributed by atoms with Gasteiger partial charge in [-0.05, 0) is 56.8 Å². The van der Waals surface area contributed by atoms with Gasteiger partial charge in [0.05, 0.1) is 0 Å². The molecule has 0 aromatic carbocycles. The molecule has 1 amide bonds. The third-order valence-corrected chi connectivity index (χ3v) is 4.12. The number of anilines is 1. The largest absolute Gasteiger partial charge is 0.364 e. The Balaban J connectivity index is 1.75. The summed E-state index contributed by atoms with van der Waals surface area (Å²) < 4.78 is 0. The molecule has 3 rings (SSSR count). The van der Waals surface area contributed by atoms with Crippen LogP contribution in [0, 0.1) is 5.92 Å². The van der Waals surface area contributed by atoms with E-state index in [0.29, 0.717) is 17.7 Å². The zero-order valence-corrected chi connectivity index (χ0v) is 11.7. The summed E-state index contributed by atoms with van der Waals surface area (Å²) in [6.07, 6.45) is 4.97. The summed E-state index contributed by atoms with van der Waals surface area (Å²) in [5.41, 5.74) is 5.69. The van der Waals surface area contributed by atoms with Crippen molar-refractivity contribution in [3.8, 4) is 0 Å². The van der Waals surface area contributed by atoms with Gasteiger partial charge in [0.15, 0.2) is 0 Å². The molecule has 2 fully saturated rings. The zero-order valence-electron chi connectivity index (χ0n) is 11.7. The fourth-order valence-corrected chi connectivity index (χ4v) is 2.89. The quantitative estimate of drug-likeness (QED) is 0.845. The minimum Gasteiger partial charge on any atom is -0.364 e. The smallest absolute Gasteiger partial charge is 0.267 e. The van der Waals surface area contributed by atoms with Crippen molar-refractivity contribution in [1.29, 1.82) is 0 Å². The zero-order chi connectivity index (χ0) is 13.9. The molecule has 5 heteroatoms. The second-order valence-electron chi connectivity index (χ2n) is 5.84. The first-order valence-electron chi connectivity index (χ1n) is 7.48. The van der Waals surface area contributed by atoms with Crippen molar-refractivity contribution < 1.29 is 4.79 Å². The second-order valence-corrected chi connectivity index (χ2v) is 5.84. The van der Waals surface area contributed by atoms with Gasteiger partial charge in [0.2, 0.25) is 0 Å². The summed E-state index contributed by atoms with van der Waals surface area (Å²) in [5.74, 6) is 1.11. The van der Waals surface area contributed by atoms with Gasteiger partial charge in [0.25, 0.3) is 5.91 Å². The van der Waals surface area contributed by atoms with Crippen LogP contribution in [0.2, 0.25) is 0 Å². The lowest BCUT2D eigenvalue weighted by molar-refractivity contribution is 0.0995. The third-order valence-electron chi connectivity index (χ3n) is 4.12. The number of nitrogens with zero attached hydrogens (tertiary/aromatic N) is 2. The number of amides is 1. The van der Waals surface area contributed by atoms with Crippen LogP contribution in [-0.4, -0.2) is 36.6 Å². The molecule has 1 saturated heterocycles. The van der Waals surface area contributed by atoms with E-state index in [9.17, 15) is 4.79 Å². The topological polar surface area (TPSA) is 71.2 Å². The van der Waals surface area contributed by atoms with E-state index in [0.717, 1.165) is 25.5 Å². The Hall–Kier alpha value is -1.62. The summed E-state index contributed by atoms with van der Waals surface area (Å²) in [7, 11) is 0.